The van der Waals surface area contributed by atoms with E-state index in [2.05, 4.69) is 37.0 Å². The predicted molar refractivity (Wildman–Crippen MR) is 78.2 cm³/mol. The van der Waals surface area contributed by atoms with Crippen molar-refractivity contribution in [1.29, 1.82) is 0 Å². The number of carbonyl (C=O) groups is 1. The number of esters is 1. The molecule has 0 saturated heterocycles. The maximum Gasteiger partial charge on any atom is 0.354 e. The van der Waals surface area contributed by atoms with Gasteiger partial charge in [-0.1, -0.05) is 29.3 Å². The van der Waals surface area contributed by atoms with Crippen molar-refractivity contribution in [3.63, 3.8) is 0 Å². The van der Waals surface area contributed by atoms with Crippen LogP contribution in [-0.2, 0) is 11.2 Å². The number of nitrogens with one attached hydrogen (secondary N) is 1. The number of hydrogen-bond acceptors (Lipinski definition) is 2. The number of aromatic amines is 1. The maximum atomic E-state index is 11.6. The Labute approximate surface area is 119 Å². The Hall–Kier alpha value is -2.03. The van der Waals surface area contributed by atoms with Crippen molar-refractivity contribution in [2.24, 2.45) is 0 Å². The van der Waals surface area contributed by atoms with E-state index >= 15 is 0 Å². The van der Waals surface area contributed by atoms with Gasteiger partial charge in [0, 0.05) is 11.6 Å². The molecule has 3 rings (SSSR count). The summed E-state index contributed by atoms with van der Waals surface area (Å²) < 4.78 is 4.78. The van der Waals surface area contributed by atoms with E-state index in [1.807, 2.05) is 6.07 Å². The summed E-state index contributed by atoms with van der Waals surface area (Å²) in [6.45, 7) is 4.26. The number of fused-ring (bicyclic) bond motifs is 1. The highest BCUT2D eigenvalue weighted by molar-refractivity contribution is 5.88. The number of methoxy groups -OCH3 is 1. The average molecular weight is 269 g/mol. The van der Waals surface area contributed by atoms with Gasteiger partial charge >= 0.3 is 5.97 Å². The molecule has 1 N–H and O–H groups in total. The number of rotatable bonds is 2. The smallest absolute Gasteiger partial charge is 0.354 e. The Morgan fingerprint density at radius 1 is 1.20 bits per heavy atom. The van der Waals surface area contributed by atoms with E-state index in [1.54, 1.807) is 0 Å². The molecule has 0 aliphatic heterocycles. The van der Waals surface area contributed by atoms with Gasteiger partial charge in [-0.05, 0) is 43.9 Å². The van der Waals surface area contributed by atoms with Crippen molar-refractivity contribution in [3.05, 3.63) is 57.9 Å². The van der Waals surface area contributed by atoms with Crippen molar-refractivity contribution < 1.29 is 9.53 Å². The summed E-state index contributed by atoms with van der Waals surface area (Å²) in [6.07, 6.45) is 2.09. The zero-order valence-corrected chi connectivity index (χ0v) is 12.1. The Bertz CT molecular complexity index is 649. The molecule has 3 heteroatoms. The van der Waals surface area contributed by atoms with Gasteiger partial charge in [-0.25, -0.2) is 4.79 Å². The lowest BCUT2D eigenvalue weighted by molar-refractivity contribution is 0.0594. The first kappa shape index (κ1) is 13.0. The topological polar surface area (TPSA) is 42.1 Å². The molecule has 0 spiro atoms. The van der Waals surface area contributed by atoms with Crippen LogP contribution in [0.25, 0.3) is 0 Å². The Morgan fingerprint density at radius 3 is 2.55 bits per heavy atom. The molecule has 20 heavy (non-hydrogen) atoms. The summed E-state index contributed by atoms with van der Waals surface area (Å²) in [4.78, 5) is 14.8. The van der Waals surface area contributed by atoms with Gasteiger partial charge in [-0.3, -0.25) is 0 Å². The van der Waals surface area contributed by atoms with E-state index in [4.69, 9.17) is 4.74 Å². The van der Waals surface area contributed by atoms with Crippen molar-refractivity contribution in [2.45, 2.75) is 32.6 Å². The van der Waals surface area contributed by atoms with Gasteiger partial charge in [0.25, 0.3) is 0 Å². The molecule has 0 radical (unpaired) electrons. The first-order chi connectivity index (χ1) is 9.58. The molecule has 0 fully saturated rings. The Balaban J connectivity index is 1.99. The van der Waals surface area contributed by atoms with Crippen molar-refractivity contribution >= 4 is 5.97 Å². The molecule has 1 heterocycles. The molecule has 0 saturated carbocycles. The van der Waals surface area contributed by atoms with Crippen LogP contribution in [0, 0.1) is 13.8 Å². The standard InChI is InChI=1S/C17H19NO2/c1-10-6-11(2)8-12(7-10)13-4-5-15-14(13)9-16(18-15)17(19)20-3/h6-9,13,18H,4-5H2,1-3H3. The third kappa shape index (κ3) is 2.13. The van der Waals surface area contributed by atoms with Crippen LogP contribution in [0.1, 0.15) is 50.8 Å². The van der Waals surface area contributed by atoms with Crippen LogP contribution in [0.15, 0.2) is 24.3 Å². The molecule has 0 bridgehead atoms. The Morgan fingerprint density at radius 2 is 1.90 bits per heavy atom. The normalized spacial score (nSPS) is 17.1. The predicted octanol–water partition coefficient (Wildman–Crippen LogP) is 3.50. The average Bonchev–Trinajstić information content (AvgIpc) is 2.95. The van der Waals surface area contributed by atoms with Crippen LogP contribution in [-0.4, -0.2) is 18.1 Å². The molecule has 1 aromatic carbocycles. The molecule has 3 nitrogen and oxygen atoms in total. The number of benzene rings is 1. The first-order valence-electron chi connectivity index (χ1n) is 6.97. The minimum atomic E-state index is -0.293. The van der Waals surface area contributed by atoms with Gasteiger partial charge < -0.3 is 9.72 Å². The second-order valence-corrected chi connectivity index (χ2v) is 5.62. The summed E-state index contributed by atoms with van der Waals surface area (Å²) in [6, 6.07) is 8.64. The van der Waals surface area contributed by atoms with Gasteiger partial charge in [-0.2, -0.15) is 0 Å². The van der Waals surface area contributed by atoms with Crippen LogP contribution in [0.5, 0.6) is 0 Å². The third-order valence-corrected chi connectivity index (χ3v) is 4.04. The number of ether oxygens (including phenoxy) is 1. The van der Waals surface area contributed by atoms with Crippen molar-refractivity contribution in [2.75, 3.05) is 7.11 Å². The highest BCUT2D eigenvalue weighted by atomic mass is 16.5. The van der Waals surface area contributed by atoms with Gasteiger partial charge in [-0.15, -0.1) is 0 Å². The molecular formula is C17H19NO2. The highest BCUT2D eigenvalue weighted by Crippen LogP contribution is 2.39. The summed E-state index contributed by atoms with van der Waals surface area (Å²) in [5, 5.41) is 0. The molecule has 0 amide bonds. The zero-order valence-electron chi connectivity index (χ0n) is 12.1. The number of hydrogen-bond donors (Lipinski definition) is 1. The minimum absolute atomic E-state index is 0.293. The SMILES string of the molecule is COC(=O)c1cc2c([nH]1)CCC2c1cc(C)cc(C)c1. The summed E-state index contributed by atoms with van der Waals surface area (Å²) in [5.41, 5.74) is 6.91. The van der Waals surface area contributed by atoms with Crippen molar-refractivity contribution in [1.82, 2.24) is 4.98 Å². The van der Waals surface area contributed by atoms with E-state index in [1.165, 1.54) is 35.1 Å². The van der Waals surface area contributed by atoms with E-state index < -0.39 is 0 Å². The largest absolute Gasteiger partial charge is 0.464 e. The van der Waals surface area contributed by atoms with Gasteiger partial charge in [0.05, 0.1) is 7.11 Å². The van der Waals surface area contributed by atoms with Crippen LogP contribution in [0.3, 0.4) is 0 Å². The number of aromatic nitrogens is 1. The summed E-state index contributed by atoms with van der Waals surface area (Å²) in [5.74, 6) is 0.0943. The lowest BCUT2D eigenvalue weighted by atomic mass is 9.91. The van der Waals surface area contributed by atoms with Crippen LogP contribution in [0.2, 0.25) is 0 Å². The fraction of sp³-hybridized carbons (Fsp3) is 0.353. The molecular weight excluding hydrogens is 250 g/mol. The molecule has 1 aromatic heterocycles. The third-order valence-electron chi connectivity index (χ3n) is 4.04. The van der Waals surface area contributed by atoms with Crippen molar-refractivity contribution in [3.8, 4) is 0 Å². The van der Waals surface area contributed by atoms with E-state index in [-0.39, 0.29) is 5.97 Å². The van der Waals surface area contributed by atoms with E-state index in [0.29, 0.717) is 11.6 Å². The van der Waals surface area contributed by atoms with E-state index in [0.717, 1.165) is 12.8 Å². The summed E-state index contributed by atoms with van der Waals surface area (Å²) in [7, 11) is 1.41. The molecule has 2 aromatic rings. The zero-order chi connectivity index (χ0) is 14.3. The second kappa shape index (κ2) is 4.82. The molecule has 1 atom stereocenters. The lowest BCUT2D eigenvalue weighted by Crippen LogP contribution is -2.02. The minimum Gasteiger partial charge on any atom is -0.464 e. The molecule has 1 aliphatic carbocycles. The number of carbonyl (C=O) groups excluding carboxylic acids is 1. The lowest BCUT2D eigenvalue weighted by Gasteiger charge is -2.12. The fourth-order valence-electron chi connectivity index (χ4n) is 3.25. The quantitative estimate of drug-likeness (QED) is 0.848. The first-order valence-corrected chi connectivity index (χ1v) is 6.97. The monoisotopic (exact) mass is 269 g/mol. The molecule has 104 valence electrons. The van der Waals surface area contributed by atoms with Crippen LogP contribution in [0.4, 0.5) is 0 Å². The van der Waals surface area contributed by atoms with Crippen LogP contribution >= 0.6 is 0 Å². The van der Waals surface area contributed by atoms with Gasteiger partial charge in [0.2, 0.25) is 0 Å². The van der Waals surface area contributed by atoms with Gasteiger partial charge in [0.1, 0.15) is 5.69 Å². The highest BCUT2D eigenvalue weighted by Gasteiger charge is 2.28. The summed E-state index contributed by atoms with van der Waals surface area (Å²) >= 11 is 0. The molecule has 1 aliphatic rings. The second-order valence-electron chi connectivity index (χ2n) is 5.62. The fourth-order valence-corrected chi connectivity index (χ4v) is 3.25. The molecule has 1 unspecified atom stereocenters. The van der Waals surface area contributed by atoms with Crippen LogP contribution < -0.4 is 0 Å². The van der Waals surface area contributed by atoms with E-state index in [9.17, 15) is 4.79 Å². The Kier molecular flexibility index (Phi) is 3.13. The number of H-pyrrole nitrogens is 1. The number of aryl methyl sites for hydroxylation is 3. The maximum absolute atomic E-state index is 11.6. The van der Waals surface area contributed by atoms with Gasteiger partial charge in [0.15, 0.2) is 0 Å².